The third-order valence-electron chi connectivity index (χ3n) is 2.82. The maximum atomic E-state index is 12.7. The number of carbonyl (C=O) groups excluding carboxylic acids is 1. The summed E-state index contributed by atoms with van der Waals surface area (Å²) in [5, 5.41) is 8.91. The van der Waals surface area contributed by atoms with Gasteiger partial charge in [-0.2, -0.15) is 18.4 Å². The molecule has 0 saturated heterocycles. The number of carbonyl (C=O) groups is 1. The molecule has 0 fully saturated rings. The third-order valence-corrected chi connectivity index (χ3v) is 3.11. The number of hydrogen-bond acceptors (Lipinski definition) is 3. The molecule has 108 valence electrons. The van der Waals surface area contributed by atoms with E-state index in [2.05, 4.69) is 0 Å². The van der Waals surface area contributed by atoms with Gasteiger partial charge in [0.25, 0.3) is 0 Å². The number of nitriles is 1. The molecule has 0 aliphatic heterocycles. The van der Waals surface area contributed by atoms with Crippen LogP contribution in [0.4, 0.5) is 13.2 Å². The Kier molecular flexibility index (Phi) is 4.05. The normalized spacial score (nSPS) is 12.7. The molecule has 0 spiro atoms. The van der Waals surface area contributed by atoms with E-state index in [0.29, 0.717) is 0 Å². The molecule has 2 aromatic rings. The lowest BCUT2D eigenvalue weighted by molar-refractivity contribution is -0.137. The SMILES string of the molecule is N#CC(C(=O)c1ccoc1Cl)c1cccc(C(F)(F)F)c1. The molecule has 0 aliphatic rings. The molecule has 0 aliphatic carbocycles. The maximum Gasteiger partial charge on any atom is 0.416 e. The molecule has 7 heteroatoms. The summed E-state index contributed by atoms with van der Waals surface area (Å²) < 4.78 is 42.8. The lowest BCUT2D eigenvalue weighted by Gasteiger charge is -2.11. The summed E-state index contributed by atoms with van der Waals surface area (Å²) in [4.78, 5) is 12.2. The molecule has 1 aromatic carbocycles. The summed E-state index contributed by atoms with van der Waals surface area (Å²) in [6.45, 7) is 0. The molecule has 2 rings (SSSR count). The molecule has 21 heavy (non-hydrogen) atoms. The van der Waals surface area contributed by atoms with Crippen LogP contribution in [0.5, 0.6) is 0 Å². The summed E-state index contributed by atoms with van der Waals surface area (Å²) >= 11 is 5.65. The first-order chi connectivity index (χ1) is 9.84. The topological polar surface area (TPSA) is 54.0 Å². The van der Waals surface area contributed by atoms with Gasteiger partial charge in [0.05, 0.1) is 23.5 Å². The van der Waals surface area contributed by atoms with Gasteiger partial charge in [-0.15, -0.1) is 0 Å². The van der Waals surface area contributed by atoms with E-state index in [4.69, 9.17) is 21.3 Å². The molecule has 1 unspecified atom stereocenters. The van der Waals surface area contributed by atoms with Crippen LogP contribution in [0.15, 0.2) is 41.0 Å². The number of ketones is 1. The van der Waals surface area contributed by atoms with Gasteiger partial charge >= 0.3 is 6.18 Å². The monoisotopic (exact) mass is 313 g/mol. The van der Waals surface area contributed by atoms with Gasteiger partial charge in [0.2, 0.25) is 5.22 Å². The number of furan rings is 1. The van der Waals surface area contributed by atoms with Crippen molar-refractivity contribution in [1.82, 2.24) is 0 Å². The second-order valence-electron chi connectivity index (χ2n) is 4.16. The van der Waals surface area contributed by atoms with Crippen molar-refractivity contribution in [3.05, 3.63) is 58.5 Å². The van der Waals surface area contributed by atoms with E-state index in [1.165, 1.54) is 12.1 Å². The number of nitrogens with zero attached hydrogens (tertiary/aromatic N) is 1. The van der Waals surface area contributed by atoms with E-state index in [0.717, 1.165) is 24.5 Å². The van der Waals surface area contributed by atoms with Gasteiger partial charge in [0.15, 0.2) is 5.78 Å². The van der Waals surface area contributed by atoms with Gasteiger partial charge in [-0.1, -0.05) is 18.2 Å². The Morgan fingerprint density at radius 3 is 2.57 bits per heavy atom. The first-order valence-electron chi connectivity index (χ1n) is 5.68. The minimum Gasteiger partial charge on any atom is -0.452 e. The van der Waals surface area contributed by atoms with Crippen molar-refractivity contribution in [3.63, 3.8) is 0 Å². The van der Waals surface area contributed by atoms with Crippen LogP contribution in [0.3, 0.4) is 0 Å². The second kappa shape index (κ2) is 5.62. The Balaban J connectivity index is 2.42. The number of rotatable bonds is 3. The zero-order valence-electron chi connectivity index (χ0n) is 10.3. The zero-order chi connectivity index (χ0) is 15.6. The second-order valence-corrected chi connectivity index (χ2v) is 4.50. The average Bonchev–Trinajstić information content (AvgIpc) is 2.85. The highest BCUT2D eigenvalue weighted by Gasteiger charge is 2.32. The largest absolute Gasteiger partial charge is 0.452 e. The predicted molar refractivity (Wildman–Crippen MR) is 67.8 cm³/mol. The number of halogens is 4. The molecule has 0 bridgehead atoms. The van der Waals surface area contributed by atoms with Gasteiger partial charge in [-0.3, -0.25) is 4.79 Å². The van der Waals surface area contributed by atoms with Crippen molar-refractivity contribution < 1.29 is 22.4 Å². The molecular formula is C14H7ClF3NO2. The Bertz CT molecular complexity index is 715. The summed E-state index contributed by atoms with van der Waals surface area (Å²) in [6.07, 6.45) is -3.39. The minimum atomic E-state index is -4.55. The number of benzene rings is 1. The van der Waals surface area contributed by atoms with E-state index < -0.39 is 23.4 Å². The maximum absolute atomic E-state index is 12.7. The predicted octanol–water partition coefficient (Wildman–Crippen LogP) is 4.44. The quantitative estimate of drug-likeness (QED) is 0.787. The average molecular weight is 314 g/mol. The van der Waals surface area contributed by atoms with Crippen LogP contribution in [0, 0.1) is 11.3 Å². The molecule has 0 amide bonds. The van der Waals surface area contributed by atoms with Crippen LogP contribution in [0.1, 0.15) is 27.4 Å². The Hall–Kier alpha value is -2.26. The van der Waals surface area contributed by atoms with E-state index in [-0.39, 0.29) is 16.3 Å². The lowest BCUT2D eigenvalue weighted by Crippen LogP contribution is -2.13. The highest BCUT2D eigenvalue weighted by atomic mass is 35.5. The van der Waals surface area contributed by atoms with E-state index in [1.807, 2.05) is 0 Å². The first-order valence-corrected chi connectivity index (χ1v) is 6.06. The van der Waals surface area contributed by atoms with Crippen molar-refractivity contribution in [2.45, 2.75) is 12.1 Å². The number of hydrogen-bond donors (Lipinski definition) is 0. The fraction of sp³-hybridized carbons (Fsp3) is 0.143. The molecule has 3 nitrogen and oxygen atoms in total. The molecule has 1 atom stereocenters. The summed E-state index contributed by atoms with van der Waals surface area (Å²) in [5.74, 6) is -2.10. The van der Waals surface area contributed by atoms with Crippen molar-refractivity contribution in [2.75, 3.05) is 0 Å². The van der Waals surface area contributed by atoms with Crippen LogP contribution in [0.2, 0.25) is 5.22 Å². The Labute approximate surface area is 122 Å². The first kappa shape index (κ1) is 15.1. The third kappa shape index (κ3) is 3.09. The minimum absolute atomic E-state index is 0.0411. The standard InChI is InChI=1S/C14H7ClF3NO2/c15-13-10(4-5-21-13)12(20)11(7-19)8-2-1-3-9(6-8)14(16,17)18/h1-6,11H. The van der Waals surface area contributed by atoms with Crippen molar-refractivity contribution >= 4 is 17.4 Å². The molecular weight excluding hydrogens is 307 g/mol. The Morgan fingerprint density at radius 1 is 1.33 bits per heavy atom. The number of alkyl halides is 3. The molecule has 0 radical (unpaired) electrons. The van der Waals surface area contributed by atoms with Gasteiger partial charge in [0.1, 0.15) is 5.92 Å². The fourth-order valence-corrected chi connectivity index (χ4v) is 2.01. The number of Topliss-reactive ketones (excluding diaryl/α,β-unsaturated/α-hetero) is 1. The van der Waals surface area contributed by atoms with Crippen LogP contribution >= 0.6 is 11.6 Å². The van der Waals surface area contributed by atoms with Crippen LogP contribution < -0.4 is 0 Å². The van der Waals surface area contributed by atoms with Gasteiger partial charge in [-0.25, -0.2) is 0 Å². The summed E-state index contributed by atoms with van der Waals surface area (Å²) in [7, 11) is 0. The highest BCUT2D eigenvalue weighted by Crippen LogP contribution is 2.32. The van der Waals surface area contributed by atoms with Gasteiger partial charge < -0.3 is 4.42 Å². The summed E-state index contributed by atoms with van der Waals surface area (Å²) in [5.41, 5.74) is -1.01. The molecule has 1 aromatic heterocycles. The van der Waals surface area contributed by atoms with E-state index in [1.54, 1.807) is 6.07 Å². The van der Waals surface area contributed by atoms with Crippen LogP contribution in [0.25, 0.3) is 0 Å². The van der Waals surface area contributed by atoms with Crippen molar-refractivity contribution in [1.29, 1.82) is 5.26 Å². The highest BCUT2D eigenvalue weighted by molar-refractivity contribution is 6.32. The molecule has 1 heterocycles. The van der Waals surface area contributed by atoms with Gasteiger partial charge in [0, 0.05) is 0 Å². The zero-order valence-corrected chi connectivity index (χ0v) is 11.1. The van der Waals surface area contributed by atoms with E-state index in [9.17, 15) is 18.0 Å². The fourth-order valence-electron chi connectivity index (χ4n) is 1.80. The smallest absolute Gasteiger partial charge is 0.416 e. The van der Waals surface area contributed by atoms with E-state index >= 15 is 0 Å². The van der Waals surface area contributed by atoms with Gasteiger partial charge in [-0.05, 0) is 29.3 Å². The lowest BCUT2D eigenvalue weighted by atomic mass is 9.92. The van der Waals surface area contributed by atoms with Crippen LogP contribution in [-0.4, -0.2) is 5.78 Å². The van der Waals surface area contributed by atoms with Crippen molar-refractivity contribution in [3.8, 4) is 6.07 Å². The van der Waals surface area contributed by atoms with Crippen LogP contribution in [-0.2, 0) is 6.18 Å². The molecule has 0 N–H and O–H groups in total. The molecule has 0 saturated carbocycles. The van der Waals surface area contributed by atoms with Crippen molar-refractivity contribution in [2.24, 2.45) is 0 Å². The Morgan fingerprint density at radius 2 is 2.05 bits per heavy atom. The summed E-state index contributed by atoms with van der Waals surface area (Å²) in [6, 6.07) is 7.04.